The van der Waals surface area contributed by atoms with Crippen LogP contribution in [0.3, 0.4) is 0 Å². The van der Waals surface area contributed by atoms with Gasteiger partial charge in [-0.05, 0) is 25.0 Å². The number of halogens is 1. The highest BCUT2D eigenvalue weighted by atomic mass is 32.2. The first-order chi connectivity index (χ1) is 12.6. The second-order valence-corrected chi connectivity index (χ2v) is 6.94. The molecule has 1 fully saturated rings. The third-order valence-electron chi connectivity index (χ3n) is 4.22. The lowest BCUT2D eigenvalue weighted by Crippen LogP contribution is -2.29. The van der Waals surface area contributed by atoms with Crippen molar-refractivity contribution in [2.24, 2.45) is 0 Å². The fourth-order valence-electron chi connectivity index (χ4n) is 2.93. The molecular formula is C17H16FN5O2S. The first-order valence-electron chi connectivity index (χ1n) is 8.27. The molecule has 9 heteroatoms. The van der Waals surface area contributed by atoms with Gasteiger partial charge in [-0.3, -0.25) is 14.7 Å². The summed E-state index contributed by atoms with van der Waals surface area (Å²) in [6.07, 6.45) is 2.05. The first-order valence-corrected chi connectivity index (χ1v) is 9.26. The third kappa shape index (κ3) is 3.22. The number of aromatic amines is 1. The molecule has 1 aliphatic heterocycles. The van der Waals surface area contributed by atoms with E-state index in [-0.39, 0.29) is 28.6 Å². The summed E-state index contributed by atoms with van der Waals surface area (Å²) in [4.78, 5) is 34.5. The molecule has 0 spiro atoms. The fourth-order valence-corrected chi connectivity index (χ4v) is 3.78. The summed E-state index contributed by atoms with van der Waals surface area (Å²) in [5, 5.41) is 3.00. The predicted molar refractivity (Wildman–Crippen MR) is 95.5 cm³/mol. The van der Waals surface area contributed by atoms with Crippen LogP contribution in [-0.4, -0.2) is 49.2 Å². The monoisotopic (exact) mass is 373 g/mol. The summed E-state index contributed by atoms with van der Waals surface area (Å²) in [5.41, 5.74) is 0.244. The molecule has 134 valence electrons. The van der Waals surface area contributed by atoms with Gasteiger partial charge >= 0.3 is 0 Å². The average Bonchev–Trinajstić information content (AvgIpc) is 3.28. The number of likely N-dealkylation sites (tertiary alicyclic amines) is 1. The van der Waals surface area contributed by atoms with Crippen LogP contribution in [0.2, 0.25) is 0 Å². The van der Waals surface area contributed by atoms with Gasteiger partial charge in [0.15, 0.2) is 16.6 Å². The smallest absolute Gasteiger partial charge is 0.266 e. The van der Waals surface area contributed by atoms with E-state index in [9.17, 15) is 14.0 Å². The zero-order valence-electron chi connectivity index (χ0n) is 13.8. The molecule has 0 aliphatic carbocycles. The molecule has 1 amide bonds. The number of fused-ring (bicyclic) bond motifs is 1. The fraction of sp³-hybridized carbons (Fsp3) is 0.294. The largest absolute Gasteiger partial charge is 0.342 e. The predicted octanol–water partition coefficient (Wildman–Crippen LogP) is 1.94. The molecule has 2 aromatic heterocycles. The van der Waals surface area contributed by atoms with Crippen molar-refractivity contribution < 1.29 is 9.18 Å². The van der Waals surface area contributed by atoms with E-state index >= 15 is 0 Å². The van der Waals surface area contributed by atoms with E-state index in [0.29, 0.717) is 10.8 Å². The minimum atomic E-state index is -0.446. The Morgan fingerprint density at radius 1 is 1.23 bits per heavy atom. The molecule has 3 heterocycles. The summed E-state index contributed by atoms with van der Waals surface area (Å²) in [5.74, 6) is -0.0403. The van der Waals surface area contributed by atoms with Crippen LogP contribution in [0.25, 0.3) is 17.0 Å². The summed E-state index contributed by atoms with van der Waals surface area (Å²) in [7, 11) is 0. The van der Waals surface area contributed by atoms with Gasteiger partial charge < -0.3 is 4.90 Å². The van der Waals surface area contributed by atoms with Crippen molar-refractivity contribution in [3.8, 4) is 11.4 Å². The summed E-state index contributed by atoms with van der Waals surface area (Å²) in [6, 6.07) is 7.51. The normalized spacial score (nSPS) is 14.3. The summed E-state index contributed by atoms with van der Waals surface area (Å²) < 4.78 is 15.5. The standard InChI is InChI=1S/C17H16FN5O2S/c18-12-6-2-1-5-11(12)16-19-13-9-14(24)21-23(13)17(20-16)26-10-15(25)22-7-3-4-8-22/h1-2,5-6,9H,3-4,7-8,10H2,(H,21,24). The SMILES string of the molecule is O=C(CSc1nc(-c2ccccc2F)nc2cc(=O)[nH]n12)N1CCCC1. The highest BCUT2D eigenvalue weighted by molar-refractivity contribution is 7.99. The zero-order chi connectivity index (χ0) is 18.1. The van der Waals surface area contributed by atoms with Crippen LogP contribution in [0.4, 0.5) is 4.39 Å². The van der Waals surface area contributed by atoms with Gasteiger partial charge in [0, 0.05) is 19.2 Å². The Bertz CT molecular complexity index is 1030. The van der Waals surface area contributed by atoms with Gasteiger partial charge in [0.2, 0.25) is 5.91 Å². The Balaban J connectivity index is 1.69. The molecule has 0 atom stereocenters. The van der Waals surface area contributed by atoms with Crippen LogP contribution in [0, 0.1) is 5.82 Å². The number of nitrogens with one attached hydrogen (secondary N) is 1. The highest BCUT2D eigenvalue weighted by Gasteiger charge is 2.20. The van der Waals surface area contributed by atoms with E-state index in [1.165, 1.54) is 28.4 Å². The van der Waals surface area contributed by atoms with Gasteiger partial charge in [0.05, 0.1) is 11.3 Å². The maximum atomic E-state index is 14.1. The van der Waals surface area contributed by atoms with Crippen molar-refractivity contribution >= 4 is 23.3 Å². The van der Waals surface area contributed by atoms with E-state index in [4.69, 9.17) is 0 Å². The Labute approximate surface area is 152 Å². The molecule has 1 N–H and O–H groups in total. The topological polar surface area (TPSA) is 83.4 Å². The lowest BCUT2D eigenvalue weighted by molar-refractivity contribution is -0.127. The minimum Gasteiger partial charge on any atom is -0.342 e. The van der Waals surface area contributed by atoms with E-state index < -0.39 is 5.82 Å². The molecule has 4 rings (SSSR count). The van der Waals surface area contributed by atoms with E-state index in [2.05, 4.69) is 15.1 Å². The summed E-state index contributed by atoms with van der Waals surface area (Å²) >= 11 is 1.20. The Morgan fingerprint density at radius 3 is 2.77 bits per heavy atom. The number of amides is 1. The van der Waals surface area contributed by atoms with Crippen molar-refractivity contribution in [1.82, 2.24) is 24.5 Å². The molecule has 1 aliphatic rings. The van der Waals surface area contributed by atoms with Gasteiger partial charge in [-0.25, -0.2) is 18.9 Å². The maximum Gasteiger partial charge on any atom is 0.266 e. The molecule has 1 aromatic carbocycles. The van der Waals surface area contributed by atoms with Crippen LogP contribution < -0.4 is 5.56 Å². The molecule has 7 nitrogen and oxygen atoms in total. The molecule has 3 aromatic rings. The minimum absolute atomic E-state index is 0.0289. The molecular weight excluding hydrogens is 357 g/mol. The van der Waals surface area contributed by atoms with Crippen LogP contribution in [-0.2, 0) is 4.79 Å². The zero-order valence-corrected chi connectivity index (χ0v) is 14.6. The van der Waals surface area contributed by atoms with Crippen molar-refractivity contribution in [3.05, 3.63) is 46.5 Å². The number of hydrogen-bond acceptors (Lipinski definition) is 5. The number of aromatic nitrogens is 4. The number of benzene rings is 1. The Morgan fingerprint density at radius 2 is 2.00 bits per heavy atom. The number of rotatable bonds is 4. The van der Waals surface area contributed by atoms with Gasteiger partial charge in [-0.15, -0.1) is 0 Å². The van der Waals surface area contributed by atoms with Crippen molar-refractivity contribution in [2.75, 3.05) is 18.8 Å². The summed E-state index contributed by atoms with van der Waals surface area (Å²) in [6.45, 7) is 1.55. The van der Waals surface area contributed by atoms with Crippen LogP contribution in [0.1, 0.15) is 12.8 Å². The maximum absolute atomic E-state index is 14.1. The number of carbonyl (C=O) groups is 1. The van der Waals surface area contributed by atoms with Crippen molar-refractivity contribution in [1.29, 1.82) is 0 Å². The molecule has 0 unspecified atom stereocenters. The van der Waals surface area contributed by atoms with Crippen molar-refractivity contribution in [2.45, 2.75) is 18.0 Å². The highest BCUT2D eigenvalue weighted by Crippen LogP contribution is 2.24. The molecule has 1 saturated heterocycles. The van der Waals surface area contributed by atoms with Gasteiger partial charge in [0.25, 0.3) is 5.56 Å². The number of nitrogens with zero attached hydrogens (tertiary/aromatic N) is 4. The first kappa shape index (κ1) is 16.8. The molecule has 0 bridgehead atoms. The molecule has 26 heavy (non-hydrogen) atoms. The lowest BCUT2D eigenvalue weighted by atomic mass is 10.2. The number of hydrogen-bond donors (Lipinski definition) is 1. The lowest BCUT2D eigenvalue weighted by Gasteiger charge is -2.14. The quantitative estimate of drug-likeness (QED) is 0.707. The second-order valence-electron chi connectivity index (χ2n) is 6.00. The van der Waals surface area contributed by atoms with Crippen LogP contribution in [0.15, 0.2) is 40.3 Å². The molecule has 0 radical (unpaired) electrons. The number of thioether (sulfide) groups is 1. The van der Waals surface area contributed by atoms with Crippen LogP contribution >= 0.6 is 11.8 Å². The van der Waals surface area contributed by atoms with Gasteiger partial charge in [-0.1, -0.05) is 23.9 Å². The van der Waals surface area contributed by atoms with E-state index in [1.54, 1.807) is 18.2 Å². The van der Waals surface area contributed by atoms with E-state index in [1.807, 2.05) is 4.90 Å². The van der Waals surface area contributed by atoms with Crippen LogP contribution in [0.5, 0.6) is 0 Å². The number of carbonyl (C=O) groups excluding carboxylic acids is 1. The Kier molecular flexibility index (Phi) is 4.46. The second kappa shape index (κ2) is 6.91. The third-order valence-corrected chi connectivity index (χ3v) is 5.15. The van der Waals surface area contributed by atoms with Gasteiger partial charge in [0.1, 0.15) is 5.82 Å². The Hall–Kier alpha value is -2.68. The van der Waals surface area contributed by atoms with Gasteiger partial charge in [-0.2, -0.15) is 0 Å². The molecule has 0 saturated carbocycles. The van der Waals surface area contributed by atoms with Crippen molar-refractivity contribution in [3.63, 3.8) is 0 Å². The number of H-pyrrole nitrogens is 1. The average molecular weight is 373 g/mol. The van der Waals surface area contributed by atoms with E-state index in [0.717, 1.165) is 25.9 Å².